The van der Waals surface area contributed by atoms with Crippen LogP contribution in [-0.4, -0.2) is 23.7 Å². The first-order chi connectivity index (χ1) is 9.06. The molecule has 0 aromatic heterocycles. The van der Waals surface area contributed by atoms with E-state index < -0.39 is 0 Å². The predicted molar refractivity (Wildman–Crippen MR) is 85.6 cm³/mol. The molecule has 4 nitrogen and oxygen atoms in total. The minimum Gasteiger partial charge on any atom is -0.389 e. The number of amides is 1. The van der Waals surface area contributed by atoms with Crippen molar-refractivity contribution in [2.75, 3.05) is 18.1 Å². The van der Waals surface area contributed by atoms with E-state index in [1.165, 1.54) is 0 Å². The first-order valence-corrected chi connectivity index (χ1v) is 7.68. The molecule has 19 heavy (non-hydrogen) atoms. The summed E-state index contributed by atoms with van der Waals surface area (Å²) in [5.41, 5.74) is 12.7. The summed E-state index contributed by atoms with van der Waals surface area (Å²) >= 11 is 6.72. The number of nitrogens with two attached hydrogens (primary N) is 2. The molecule has 104 valence electrons. The molecule has 0 spiro atoms. The molecule has 0 aliphatic carbocycles. The molecule has 0 saturated heterocycles. The van der Waals surface area contributed by atoms with Gasteiger partial charge in [0.05, 0.1) is 0 Å². The Morgan fingerprint density at radius 3 is 2.68 bits per heavy atom. The minimum atomic E-state index is -0.256. The lowest BCUT2D eigenvalue weighted by Crippen LogP contribution is -2.15. The van der Waals surface area contributed by atoms with Gasteiger partial charge in [0.25, 0.3) is 0 Å². The highest BCUT2D eigenvalue weighted by molar-refractivity contribution is 7.98. The van der Waals surface area contributed by atoms with E-state index in [-0.39, 0.29) is 5.91 Å². The van der Waals surface area contributed by atoms with Crippen molar-refractivity contribution in [3.63, 3.8) is 0 Å². The lowest BCUT2D eigenvalue weighted by atomic mass is 10.1. The second kappa shape index (κ2) is 8.01. The first kappa shape index (κ1) is 15.8. The number of anilines is 1. The van der Waals surface area contributed by atoms with E-state index in [1.54, 1.807) is 11.8 Å². The van der Waals surface area contributed by atoms with Crippen LogP contribution in [0.15, 0.2) is 23.1 Å². The molecule has 1 aromatic carbocycles. The number of hydrogen-bond donors (Lipinski definition) is 3. The van der Waals surface area contributed by atoms with Crippen molar-refractivity contribution in [1.82, 2.24) is 0 Å². The van der Waals surface area contributed by atoms with Gasteiger partial charge in [-0.3, -0.25) is 4.79 Å². The minimum absolute atomic E-state index is 0.256. The van der Waals surface area contributed by atoms with Gasteiger partial charge in [0.2, 0.25) is 5.91 Å². The molecular formula is C13H19N3OS2. The molecule has 0 saturated carbocycles. The number of primary amides is 1. The van der Waals surface area contributed by atoms with Crippen LogP contribution in [0.25, 0.3) is 0 Å². The quantitative estimate of drug-likeness (QED) is 0.389. The predicted octanol–water partition coefficient (Wildman–Crippen LogP) is 2.11. The fraction of sp³-hybridized carbons (Fsp3) is 0.385. The Balaban J connectivity index is 2.62. The highest BCUT2D eigenvalue weighted by atomic mass is 32.2. The summed E-state index contributed by atoms with van der Waals surface area (Å²) in [4.78, 5) is 12.1. The topological polar surface area (TPSA) is 81.1 Å². The molecule has 0 heterocycles. The van der Waals surface area contributed by atoms with Crippen LogP contribution in [0.4, 0.5) is 5.69 Å². The number of unbranched alkanes of at least 4 members (excludes halogenated alkanes) is 1. The second-order valence-corrected chi connectivity index (χ2v) is 5.39. The monoisotopic (exact) mass is 297 g/mol. The molecule has 5 N–H and O–H groups in total. The maximum absolute atomic E-state index is 10.6. The fourth-order valence-electron chi connectivity index (χ4n) is 1.75. The second-order valence-electron chi connectivity index (χ2n) is 4.10. The zero-order valence-corrected chi connectivity index (χ0v) is 12.6. The van der Waals surface area contributed by atoms with Crippen molar-refractivity contribution < 1.29 is 4.79 Å². The van der Waals surface area contributed by atoms with Crippen LogP contribution < -0.4 is 16.8 Å². The Morgan fingerprint density at radius 2 is 2.11 bits per heavy atom. The van der Waals surface area contributed by atoms with Crippen LogP contribution in [0.3, 0.4) is 0 Å². The summed E-state index contributed by atoms with van der Waals surface area (Å²) in [6.07, 6.45) is 4.08. The van der Waals surface area contributed by atoms with Gasteiger partial charge in [0.15, 0.2) is 0 Å². The van der Waals surface area contributed by atoms with E-state index in [0.29, 0.717) is 11.4 Å². The van der Waals surface area contributed by atoms with Gasteiger partial charge in [-0.05, 0) is 31.2 Å². The van der Waals surface area contributed by atoms with Crippen LogP contribution in [0.1, 0.15) is 24.8 Å². The Hall–Kier alpha value is -1.27. The molecule has 0 atom stereocenters. The fourth-order valence-corrected chi connectivity index (χ4v) is 2.67. The first-order valence-electron chi connectivity index (χ1n) is 6.05. The average molecular weight is 297 g/mol. The number of benzene rings is 1. The summed E-state index contributed by atoms with van der Waals surface area (Å²) in [7, 11) is 0. The van der Waals surface area contributed by atoms with Gasteiger partial charge in [-0.1, -0.05) is 18.3 Å². The number of carbonyl (C=O) groups excluding carboxylic acids is 1. The zero-order chi connectivity index (χ0) is 14.3. The van der Waals surface area contributed by atoms with Crippen LogP contribution in [-0.2, 0) is 4.79 Å². The van der Waals surface area contributed by atoms with E-state index in [2.05, 4.69) is 5.32 Å². The van der Waals surface area contributed by atoms with Gasteiger partial charge in [0.1, 0.15) is 4.99 Å². The van der Waals surface area contributed by atoms with E-state index in [4.69, 9.17) is 23.7 Å². The zero-order valence-electron chi connectivity index (χ0n) is 10.9. The van der Waals surface area contributed by atoms with E-state index in [0.717, 1.165) is 35.5 Å². The third kappa shape index (κ3) is 5.08. The third-order valence-electron chi connectivity index (χ3n) is 2.66. The van der Waals surface area contributed by atoms with Crippen LogP contribution in [0, 0.1) is 0 Å². The molecule has 0 aliphatic rings. The molecule has 0 bridgehead atoms. The molecule has 1 amide bonds. The molecule has 0 unspecified atom stereocenters. The number of nitrogens with one attached hydrogen (secondary N) is 1. The number of carbonyl (C=O) groups is 1. The average Bonchev–Trinajstić information content (AvgIpc) is 2.37. The largest absolute Gasteiger partial charge is 0.389 e. The van der Waals surface area contributed by atoms with Crippen LogP contribution >= 0.6 is 24.0 Å². The van der Waals surface area contributed by atoms with E-state index >= 15 is 0 Å². The number of rotatable bonds is 8. The molecular weight excluding hydrogens is 278 g/mol. The molecule has 0 fully saturated rings. The highest BCUT2D eigenvalue weighted by Gasteiger charge is 2.09. The highest BCUT2D eigenvalue weighted by Crippen LogP contribution is 2.27. The van der Waals surface area contributed by atoms with Gasteiger partial charge >= 0.3 is 0 Å². The summed E-state index contributed by atoms with van der Waals surface area (Å²) < 4.78 is 0. The van der Waals surface area contributed by atoms with Gasteiger partial charge in [-0.15, -0.1) is 11.8 Å². The Labute approximate surface area is 123 Å². The van der Waals surface area contributed by atoms with E-state index in [1.807, 2.05) is 24.5 Å². The van der Waals surface area contributed by atoms with Crippen molar-refractivity contribution in [2.45, 2.75) is 24.2 Å². The smallest absolute Gasteiger partial charge is 0.217 e. The summed E-state index contributed by atoms with van der Waals surface area (Å²) in [6, 6.07) is 5.93. The van der Waals surface area contributed by atoms with Gasteiger partial charge in [-0.2, -0.15) is 0 Å². The molecule has 6 heteroatoms. The molecule has 0 radical (unpaired) electrons. The molecule has 1 aromatic rings. The van der Waals surface area contributed by atoms with Crippen molar-refractivity contribution in [1.29, 1.82) is 0 Å². The van der Waals surface area contributed by atoms with Crippen LogP contribution in [0.2, 0.25) is 0 Å². The van der Waals surface area contributed by atoms with E-state index in [9.17, 15) is 4.79 Å². The number of hydrogen-bond acceptors (Lipinski definition) is 4. The summed E-state index contributed by atoms with van der Waals surface area (Å²) in [5, 5.41) is 3.31. The van der Waals surface area contributed by atoms with Gasteiger partial charge in [-0.25, -0.2) is 0 Å². The van der Waals surface area contributed by atoms with Crippen molar-refractivity contribution in [3.8, 4) is 0 Å². The summed E-state index contributed by atoms with van der Waals surface area (Å²) in [6.45, 7) is 0.765. The third-order valence-corrected chi connectivity index (χ3v) is 3.64. The van der Waals surface area contributed by atoms with Crippen molar-refractivity contribution >= 4 is 40.6 Å². The van der Waals surface area contributed by atoms with Crippen molar-refractivity contribution in [2.24, 2.45) is 11.5 Å². The normalized spacial score (nSPS) is 10.2. The Bertz CT molecular complexity index is 463. The number of thiocarbonyl (C=S) groups is 1. The SMILES string of the molecule is CSc1cccc(NCCCCC(N)=O)c1C(N)=S. The van der Waals surface area contributed by atoms with Gasteiger partial charge in [0, 0.05) is 29.1 Å². The maximum atomic E-state index is 10.6. The maximum Gasteiger partial charge on any atom is 0.217 e. The van der Waals surface area contributed by atoms with Crippen molar-refractivity contribution in [3.05, 3.63) is 23.8 Å². The molecule has 1 rings (SSSR count). The Morgan fingerprint density at radius 1 is 1.37 bits per heavy atom. The standard InChI is InChI=1S/C13H19N3OS2/c1-19-10-6-4-5-9(12(10)13(15)18)16-8-3-2-7-11(14)17/h4-6,16H,2-3,7-8H2,1H3,(H2,14,17)(H2,15,18). The Kier molecular flexibility index (Phi) is 6.66. The summed E-state index contributed by atoms with van der Waals surface area (Å²) in [5.74, 6) is -0.256. The lowest BCUT2D eigenvalue weighted by molar-refractivity contribution is -0.118. The van der Waals surface area contributed by atoms with Gasteiger partial charge < -0.3 is 16.8 Å². The lowest BCUT2D eigenvalue weighted by Gasteiger charge is -2.14. The van der Waals surface area contributed by atoms with Crippen LogP contribution in [0.5, 0.6) is 0 Å². The molecule has 0 aliphatic heterocycles. The number of thioether (sulfide) groups is 1.